The lowest BCUT2D eigenvalue weighted by molar-refractivity contribution is 0.265. The molecule has 1 aromatic carbocycles. The molecule has 144 valence electrons. The predicted octanol–water partition coefficient (Wildman–Crippen LogP) is 2.45. The highest BCUT2D eigenvalue weighted by atomic mass is 127. The maximum Gasteiger partial charge on any atom is 0.191 e. The Morgan fingerprint density at radius 1 is 1.23 bits per heavy atom. The van der Waals surface area contributed by atoms with Crippen LogP contribution < -0.4 is 10.6 Å². The van der Waals surface area contributed by atoms with Crippen LogP contribution in [0.4, 0.5) is 0 Å². The van der Waals surface area contributed by atoms with Gasteiger partial charge in [0, 0.05) is 38.3 Å². The Kier molecular flexibility index (Phi) is 10.3. The quantitative estimate of drug-likeness (QED) is 0.239. The molecule has 0 saturated carbocycles. The number of aryl methyl sites for hydroxylation is 3. The van der Waals surface area contributed by atoms with Gasteiger partial charge in [-0.3, -0.25) is 9.67 Å². The molecule has 0 aliphatic rings. The lowest BCUT2D eigenvalue weighted by Gasteiger charge is -2.18. The fraction of sp³-hybridized carbons (Fsp3) is 0.474. The normalized spacial score (nSPS) is 12.4. The molecule has 0 aliphatic carbocycles. The van der Waals surface area contributed by atoms with E-state index < -0.39 is 0 Å². The van der Waals surface area contributed by atoms with Crippen molar-refractivity contribution in [3.05, 3.63) is 53.3 Å². The third-order valence-electron chi connectivity index (χ3n) is 4.17. The van der Waals surface area contributed by atoms with Crippen molar-refractivity contribution in [1.29, 1.82) is 0 Å². The van der Waals surface area contributed by atoms with E-state index >= 15 is 0 Å². The molecule has 26 heavy (non-hydrogen) atoms. The van der Waals surface area contributed by atoms with Gasteiger partial charge in [0.1, 0.15) is 0 Å². The first kappa shape index (κ1) is 22.4. The highest BCUT2D eigenvalue weighted by Gasteiger charge is 2.10. The summed E-state index contributed by atoms with van der Waals surface area (Å²) in [5.74, 6) is 0.803. The molecule has 0 fully saturated rings. The van der Waals surface area contributed by atoms with Crippen molar-refractivity contribution >= 4 is 29.9 Å². The van der Waals surface area contributed by atoms with E-state index in [1.807, 2.05) is 41.9 Å². The number of rotatable bonds is 8. The van der Waals surface area contributed by atoms with E-state index in [9.17, 15) is 5.11 Å². The van der Waals surface area contributed by atoms with Crippen molar-refractivity contribution in [1.82, 2.24) is 20.4 Å². The van der Waals surface area contributed by atoms with Crippen LogP contribution in [0.2, 0.25) is 0 Å². The molecule has 7 heteroatoms. The Morgan fingerprint density at radius 2 is 1.96 bits per heavy atom. The van der Waals surface area contributed by atoms with Gasteiger partial charge in [-0.25, -0.2) is 0 Å². The average molecular weight is 471 g/mol. The summed E-state index contributed by atoms with van der Waals surface area (Å²) in [4.78, 5) is 4.24. The molecule has 0 bridgehead atoms. The lowest BCUT2D eigenvalue weighted by Crippen LogP contribution is -2.40. The SMILES string of the molecule is CN=C(NCCCn1nc(C)cc1C)NCC(CO)c1ccccc1.I. The molecule has 6 nitrogen and oxygen atoms in total. The summed E-state index contributed by atoms with van der Waals surface area (Å²) >= 11 is 0. The van der Waals surface area contributed by atoms with Gasteiger partial charge in [0.2, 0.25) is 0 Å². The van der Waals surface area contributed by atoms with E-state index in [2.05, 4.69) is 33.7 Å². The van der Waals surface area contributed by atoms with E-state index in [-0.39, 0.29) is 36.5 Å². The summed E-state index contributed by atoms with van der Waals surface area (Å²) in [6.07, 6.45) is 0.963. The number of aromatic nitrogens is 2. The molecule has 2 aromatic rings. The van der Waals surface area contributed by atoms with Crippen molar-refractivity contribution in [2.45, 2.75) is 32.7 Å². The van der Waals surface area contributed by atoms with Gasteiger partial charge >= 0.3 is 0 Å². The fourth-order valence-electron chi connectivity index (χ4n) is 2.79. The van der Waals surface area contributed by atoms with Crippen LogP contribution in [-0.2, 0) is 6.54 Å². The van der Waals surface area contributed by atoms with Crippen LogP contribution >= 0.6 is 24.0 Å². The van der Waals surface area contributed by atoms with Crippen molar-refractivity contribution in [2.24, 2.45) is 4.99 Å². The number of nitrogens with one attached hydrogen (secondary N) is 2. The zero-order chi connectivity index (χ0) is 18.1. The average Bonchev–Trinajstić information content (AvgIpc) is 2.95. The topological polar surface area (TPSA) is 74.5 Å². The Bertz CT molecular complexity index is 672. The van der Waals surface area contributed by atoms with Crippen molar-refractivity contribution in [3.63, 3.8) is 0 Å². The van der Waals surface area contributed by atoms with Crippen molar-refractivity contribution in [3.8, 4) is 0 Å². The number of hydrogen-bond acceptors (Lipinski definition) is 3. The van der Waals surface area contributed by atoms with Gasteiger partial charge in [-0.1, -0.05) is 30.3 Å². The minimum atomic E-state index is 0. The molecule has 0 saturated heterocycles. The lowest BCUT2D eigenvalue weighted by atomic mass is 10.0. The number of halogens is 1. The largest absolute Gasteiger partial charge is 0.396 e. The fourth-order valence-corrected chi connectivity index (χ4v) is 2.79. The molecule has 0 radical (unpaired) electrons. The Balaban J connectivity index is 0.00000338. The first-order valence-corrected chi connectivity index (χ1v) is 8.75. The summed E-state index contributed by atoms with van der Waals surface area (Å²) in [7, 11) is 1.76. The Morgan fingerprint density at radius 3 is 2.54 bits per heavy atom. The van der Waals surface area contributed by atoms with Crippen LogP contribution in [0, 0.1) is 13.8 Å². The van der Waals surface area contributed by atoms with Crippen LogP contribution in [0.15, 0.2) is 41.4 Å². The summed E-state index contributed by atoms with van der Waals surface area (Å²) in [5, 5.41) is 20.7. The third-order valence-corrected chi connectivity index (χ3v) is 4.17. The molecule has 1 unspecified atom stereocenters. The predicted molar refractivity (Wildman–Crippen MR) is 117 cm³/mol. The zero-order valence-corrected chi connectivity index (χ0v) is 18.1. The van der Waals surface area contributed by atoms with Crippen LogP contribution in [0.5, 0.6) is 0 Å². The second kappa shape index (κ2) is 11.9. The molecule has 0 amide bonds. The molecule has 0 aliphatic heterocycles. The van der Waals surface area contributed by atoms with Crippen LogP contribution in [0.3, 0.4) is 0 Å². The summed E-state index contributed by atoms with van der Waals surface area (Å²) in [5.41, 5.74) is 3.37. The maximum atomic E-state index is 9.62. The van der Waals surface area contributed by atoms with Gasteiger partial charge in [0.25, 0.3) is 0 Å². The minimum Gasteiger partial charge on any atom is -0.396 e. The molecular weight excluding hydrogens is 441 g/mol. The van der Waals surface area contributed by atoms with Gasteiger partial charge in [0.15, 0.2) is 5.96 Å². The van der Waals surface area contributed by atoms with E-state index in [1.54, 1.807) is 7.05 Å². The van der Waals surface area contributed by atoms with Gasteiger partial charge in [0.05, 0.1) is 12.3 Å². The Labute approximate surface area is 173 Å². The highest BCUT2D eigenvalue weighted by molar-refractivity contribution is 14.0. The zero-order valence-electron chi connectivity index (χ0n) is 15.8. The summed E-state index contributed by atoms with van der Waals surface area (Å²) in [6.45, 7) is 6.52. The van der Waals surface area contributed by atoms with Crippen molar-refractivity contribution in [2.75, 3.05) is 26.7 Å². The molecule has 0 spiro atoms. The molecule has 1 heterocycles. The smallest absolute Gasteiger partial charge is 0.191 e. The first-order chi connectivity index (χ1) is 12.1. The standard InChI is InChI=1S/C19H29N5O.HI/c1-15-12-16(2)24(23-15)11-7-10-21-19(20-3)22-13-18(14-25)17-8-5-4-6-9-17;/h4-6,8-9,12,18,25H,7,10-11,13-14H2,1-3H3,(H2,20,21,22);1H. The maximum absolute atomic E-state index is 9.62. The number of hydrogen-bond donors (Lipinski definition) is 3. The number of aliphatic imine (C=N–C) groups is 1. The van der Waals surface area contributed by atoms with Gasteiger partial charge < -0.3 is 15.7 Å². The molecule has 3 N–H and O–H groups in total. The van der Waals surface area contributed by atoms with Gasteiger partial charge in [-0.05, 0) is 31.9 Å². The van der Waals surface area contributed by atoms with Crippen LogP contribution in [0.25, 0.3) is 0 Å². The highest BCUT2D eigenvalue weighted by Crippen LogP contribution is 2.13. The second-order valence-electron chi connectivity index (χ2n) is 6.17. The number of aliphatic hydroxyl groups is 1. The van der Waals surface area contributed by atoms with Crippen LogP contribution in [-0.4, -0.2) is 47.6 Å². The van der Waals surface area contributed by atoms with Crippen LogP contribution in [0.1, 0.15) is 29.3 Å². The van der Waals surface area contributed by atoms with Gasteiger partial charge in [-0.15, -0.1) is 24.0 Å². The molecule has 1 aromatic heterocycles. The number of aliphatic hydroxyl groups excluding tert-OH is 1. The molecular formula is C19H30IN5O. The van der Waals surface area contributed by atoms with E-state index in [0.29, 0.717) is 6.54 Å². The minimum absolute atomic E-state index is 0. The van der Waals surface area contributed by atoms with Crippen molar-refractivity contribution < 1.29 is 5.11 Å². The number of benzene rings is 1. The second-order valence-corrected chi connectivity index (χ2v) is 6.17. The Hall–Kier alpha value is -1.61. The molecule has 2 rings (SSSR count). The first-order valence-electron chi connectivity index (χ1n) is 8.75. The van der Waals surface area contributed by atoms with E-state index in [0.717, 1.165) is 36.7 Å². The third kappa shape index (κ3) is 6.95. The summed E-state index contributed by atoms with van der Waals surface area (Å²) < 4.78 is 2.03. The number of guanidine groups is 1. The van der Waals surface area contributed by atoms with E-state index in [1.165, 1.54) is 5.69 Å². The number of nitrogens with zero attached hydrogens (tertiary/aromatic N) is 3. The van der Waals surface area contributed by atoms with E-state index in [4.69, 9.17) is 0 Å². The molecule has 1 atom stereocenters. The van der Waals surface area contributed by atoms with Gasteiger partial charge in [-0.2, -0.15) is 5.10 Å². The monoisotopic (exact) mass is 471 g/mol. The summed E-state index contributed by atoms with van der Waals surface area (Å²) in [6, 6.07) is 12.1.